The summed E-state index contributed by atoms with van der Waals surface area (Å²) in [5, 5.41) is 13.3. The first-order chi connectivity index (χ1) is 16.1. The van der Waals surface area contributed by atoms with Crippen molar-refractivity contribution in [1.29, 1.82) is 0 Å². The van der Waals surface area contributed by atoms with Crippen molar-refractivity contribution in [1.82, 2.24) is 9.88 Å². The molecule has 9 nitrogen and oxygen atoms in total. The molecule has 0 bridgehead atoms. The number of barbiturate groups is 1. The monoisotopic (exact) mass is 478 g/mol. The maximum absolute atomic E-state index is 13.2. The van der Waals surface area contributed by atoms with E-state index in [1.165, 1.54) is 18.2 Å². The fraction of sp³-hybridized carbons (Fsp3) is 0.125. The number of nitro benzene ring substituents is 1. The van der Waals surface area contributed by atoms with E-state index in [-0.39, 0.29) is 16.3 Å². The summed E-state index contributed by atoms with van der Waals surface area (Å²) in [4.78, 5) is 49.7. The third kappa shape index (κ3) is 3.86. The number of hydrogen-bond acceptors (Lipinski definition) is 5. The van der Waals surface area contributed by atoms with Gasteiger partial charge in [-0.25, -0.2) is 9.69 Å². The zero-order valence-corrected chi connectivity index (χ0v) is 19.2. The number of hydrogen-bond donors (Lipinski definition) is 1. The van der Waals surface area contributed by atoms with E-state index in [2.05, 4.69) is 5.32 Å². The predicted octanol–water partition coefficient (Wildman–Crippen LogP) is 4.63. The standard InChI is InChI=1S/C24H19ClN4O5/c1-13-6-4-5-7-20(13)28-23(31)18(22(30)26-24(28)32)11-16-10-14(2)27(15(16)3)17-8-9-21(29(33)34)19(25)12-17/h4-12H,1-3H3,(H,26,30,32)/b18-11+. The minimum absolute atomic E-state index is 0.0101. The first kappa shape index (κ1) is 22.9. The highest BCUT2D eigenvalue weighted by Gasteiger charge is 2.37. The van der Waals surface area contributed by atoms with Gasteiger partial charge in [-0.3, -0.25) is 25.0 Å². The molecule has 1 saturated heterocycles. The second kappa shape index (κ2) is 8.60. The van der Waals surface area contributed by atoms with Crippen molar-refractivity contribution in [3.8, 4) is 5.69 Å². The van der Waals surface area contributed by atoms with Crippen LogP contribution in [0.4, 0.5) is 16.2 Å². The lowest BCUT2D eigenvalue weighted by molar-refractivity contribution is -0.384. The van der Waals surface area contributed by atoms with Gasteiger partial charge in [-0.1, -0.05) is 29.8 Å². The van der Waals surface area contributed by atoms with Crippen LogP contribution in [0.25, 0.3) is 11.8 Å². The number of anilines is 1. The van der Waals surface area contributed by atoms with E-state index in [4.69, 9.17) is 11.6 Å². The number of nitro groups is 1. The smallest absolute Gasteiger partial charge is 0.318 e. The largest absolute Gasteiger partial charge is 0.335 e. The Labute approximate surface area is 199 Å². The van der Waals surface area contributed by atoms with Crippen LogP contribution in [0.15, 0.2) is 54.1 Å². The molecule has 1 aromatic heterocycles. The quantitative estimate of drug-likeness (QED) is 0.254. The molecule has 1 fully saturated rings. The Bertz CT molecular complexity index is 1420. The first-order valence-corrected chi connectivity index (χ1v) is 10.6. The maximum atomic E-state index is 13.2. The zero-order chi connectivity index (χ0) is 24.7. The van der Waals surface area contributed by atoms with Crippen molar-refractivity contribution in [3.05, 3.63) is 91.8 Å². The van der Waals surface area contributed by atoms with Gasteiger partial charge in [0.1, 0.15) is 10.6 Å². The van der Waals surface area contributed by atoms with E-state index in [0.717, 1.165) is 10.6 Å². The average molecular weight is 479 g/mol. The van der Waals surface area contributed by atoms with Gasteiger partial charge >= 0.3 is 6.03 Å². The van der Waals surface area contributed by atoms with Crippen LogP contribution in [0.2, 0.25) is 5.02 Å². The summed E-state index contributed by atoms with van der Waals surface area (Å²) >= 11 is 6.08. The van der Waals surface area contributed by atoms with E-state index >= 15 is 0 Å². The molecular weight excluding hydrogens is 460 g/mol. The highest BCUT2D eigenvalue weighted by molar-refractivity contribution is 6.39. The fourth-order valence-corrected chi connectivity index (χ4v) is 4.20. The molecule has 172 valence electrons. The van der Waals surface area contributed by atoms with E-state index < -0.39 is 22.8 Å². The van der Waals surface area contributed by atoms with Crippen molar-refractivity contribution < 1.29 is 19.3 Å². The van der Waals surface area contributed by atoms with E-state index in [1.54, 1.807) is 54.8 Å². The molecule has 4 rings (SSSR count). The lowest BCUT2D eigenvalue weighted by atomic mass is 10.1. The van der Waals surface area contributed by atoms with Gasteiger partial charge in [0, 0.05) is 23.1 Å². The topological polar surface area (TPSA) is 115 Å². The van der Waals surface area contributed by atoms with Gasteiger partial charge in [0.25, 0.3) is 17.5 Å². The Kier molecular flexibility index (Phi) is 5.80. The van der Waals surface area contributed by atoms with Gasteiger partial charge in [0.15, 0.2) is 0 Å². The minimum atomic E-state index is -0.813. The van der Waals surface area contributed by atoms with Crippen LogP contribution in [0.3, 0.4) is 0 Å². The maximum Gasteiger partial charge on any atom is 0.335 e. The summed E-state index contributed by atoms with van der Waals surface area (Å²) in [6.45, 7) is 5.36. The molecule has 0 saturated carbocycles. The molecule has 2 heterocycles. The van der Waals surface area contributed by atoms with Gasteiger partial charge in [0.05, 0.1) is 10.6 Å². The average Bonchev–Trinajstić information content (AvgIpc) is 3.04. The zero-order valence-electron chi connectivity index (χ0n) is 18.5. The first-order valence-electron chi connectivity index (χ1n) is 10.2. The number of carbonyl (C=O) groups is 3. The molecule has 2 aromatic carbocycles. The Morgan fingerprint density at radius 3 is 2.38 bits per heavy atom. The number of imide groups is 2. The van der Waals surface area contributed by atoms with Crippen LogP contribution in [0.1, 0.15) is 22.5 Å². The van der Waals surface area contributed by atoms with E-state index in [0.29, 0.717) is 28.2 Å². The number of amides is 4. The molecule has 3 aromatic rings. The number of nitrogens with zero attached hydrogens (tertiary/aromatic N) is 3. The summed E-state index contributed by atoms with van der Waals surface area (Å²) < 4.78 is 1.80. The summed E-state index contributed by atoms with van der Waals surface area (Å²) in [6, 6.07) is 12.2. The molecule has 0 radical (unpaired) electrons. The van der Waals surface area contributed by atoms with Gasteiger partial charge in [0.2, 0.25) is 0 Å². The van der Waals surface area contributed by atoms with Crippen molar-refractivity contribution in [3.63, 3.8) is 0 Å². The molecule has 1 aliphatic rings. The number of nitrogens with one attached hydrogen (secondary N) is 1. The number of urea groups is 1. The Morgan fingerprint density at radius 2 is 1.74 bits per heavy atom. The van der Waals surface area contributed by atoms with Crippen molar-refractivity contribution >= 4 is 46.9 Å². The third-order valence-electron chi connectivity index (χ3n) is 5.61. The summed E-state index contributed by atoms with van der Waals surface area (Å²) in [5.41, 5.74) is 3.28. The molecule has 1 aliphatic heterocycles. The summed E-state index contributed by atoms with van der Waals surface area (Å²) in [6.07, 6.45) is 1.43. The second-order valence-electron chi connectivity index (χ2n) is 7.80. The molecule has 34 heavy (non-hydrogen) atoms. The lowest BCUT2D eigenvalue weighted by Gasteiger charge is -2.27. The number of aromatic nitrogens is 1. The number of aryl methyl sites for hydroxylation is 2. The second-order valence-corrected chi connectivity index (χ2v) is 8.21. The Balaban J connectivity index is 1.77. The SMILES string of the molecule is Cc1ccccc1N1C(=O)NC(=O)/C(=C\c2cc(C)n(-c3ccc([N+](=O)[O-])c(Cl)c3)c2C)C1=O. The Morgan fingerprint density at radius 1 is 1.03 bits per heavy atom. The van der Waals surface area contributed by atoms with Crippen LogP contribution in [0, 0.1) is 30.9 Å². The predicted molar refractivity (Wildman–Crippen MR) is 127 cm³/mol. The number of carbonyl (C=O) groups excluding carboxylic acids is 3. The normalized spacial score (nSPS) is 15.1. The number of rotatable bonds is 4. The van der Waals surface area contributed by atoms with Crippen molar-refractivity contribution in [2.24, 2.45) is 0 Å². The van der Waals surface area contributed by atoms with Crippen LogP contribution in [-0.4, -0.2) is 27.3 Å². The van der Waals surface area contributed by atoms with Gasteiger partial charge < -0.3 is 4.57 Å². The van der Waals surface area contributed by atoms with Crippen molar-refractivity contribution in [2.75, 3.05) is 4.90 Å². The Hall–Kier alpha value is -4.24. The van der Waals surface area contributed by atoms with Crippen LogP contribution < -0.4 is 10.2 Å². The minimum Gasteiger partial charge on any atom is -0.318 e. The van der Waals surface area contributed by atoms with E-state index in [9.17, 15) is 24.5 Å². The van der Waals surface area contributed by atoms with Gasteiger partial charge in [-0.2, -0.15) is 0 Å². The van der Waals surface area contributed by atoms with Gasteiger partial charge in [-0.15, -0.1) is 0 Å². The highest BCUT2D eigenvalue weighted by atomic mass is 35.5. The number of benzene rings is 2. The lowest BCUT2D eigenvalue weighted by Crippen LogP contribution is -2.54. The molecule has 0 atom stereocenters. The molecule has 0 unspecified atom stereocenters. The van der Waals surface area contributed by atoms with Crippen LogP contribution >= 0.6 is 11.6 Å². The fourth-order valence-electron chi connectivity index (χ4n) is 3.96. The highest BCUT2D eigenvalue weighted by Crippen LogP contribution is 2.31. The van der Waals surface area contributed by atoms with Gasteiger partial charge in [-0.05, 0) is 62.2 Å². The molecular formula is C24H19ClN4O5. The van der Waals surface area contributed by atoms with Crippen LogP contribution in [0.5, 0.6) is 0 Å². The number of halogens is 1. The van der Waals surface area contributed by atoms with E-state index in [1.807, 2.05) is 6.92 Å². The molecule has 1 N–H and O–H groups in total. The summed E-state index contributed by atoms with van der Waals surface area (Å²) in [5.74, 6) is -1.52. The molecule has 0 aliphatic carbocycles. The third-order valence-corrected chi connectivity index (χ3v) is 5.92. The number of para-hydroxylation sites is 1. The summed E-state index contributed by atoms with van der Waals surface area (Å²) in [7, 11) is 0. The van der Waals surface area contributed by atoms with Crippen LogP contribution in [-0.2, 0) is 9.59 Å². The molecule has 4 amide bonds. The molecule has 10 heteroatoms. The molecule has 0 spiro atoms. The van der Waals surface area contributed by atoms with Crippen molar-refractivity contribution in [2.45, 2.75) is 20.8 Å².